The first-order valence-electron chi connectivity index (χ1n) is 8.24. The lowest BCUT2D eigenvalue weighted by atomic mass is 9.92. The van der Waals surface area contributed by atoms with Gasteiger partial charge in [-0.05, 0) is 18.8 Å². The Kier molecular flexibility index (Phi) is 13.3. The molecular weight excluding hydrogens is 220 g/mol. The molecule has 0 aromatic heterocycles. The topological polar surface area (TPSA) is 38.0 Å². The number of hydrogen-bond acceptors (Lipinski definition) is 2. The predicted octanol–water partition coefficient (Wildman–Crippen LogP) is 4.79. The van der Waals surface area contributed by atoms with E-state index in [1.807, 2.05) is 0 Å². The second kappa shape index (κ2) is 13.4. The molecule has 0 radical (unpaired) electrons. The normalized spacial score (nSPS) is 13.2. The Labute approximate surface area is 115 Å². The molecule has 0 aliphatic heterocycles. The van der Waals surface area contributed by atoms with Crippen molar-refractivity contribution in [2.75, 3.05) is 0 Å². The van der Waals surface area contributed by atoms with E-state index in [1.54, 1.807) is 0 Å². The summed E-state index contributed by atoms with van der Waals surface area (Å²) in [6.45, 7) is 6.85. The highest BCUT2D eigenvalue weighted by Gasteiger charge is 2.12. The Morgan fingerprint density at radius 2 is 1.39 bits per heavy atom. The van der Waals surface area contributed by atoms with E-state index in [9.17, 15) is 0 Å². The molecule has 0 heterocycles. The van der Waals surface area contributed by atoms with Gasteiger partial charge in [0.15, 0.2) is 0 Å². The summed E-state index contributed by atoms with van der Waals surface area (Å²) in [6.07, 6.45) is 14.8. The third-order valence-corrected chi connectivity index (χ3v) is 4.16. The van der Waals surface area contributed by atoms with Crippen molar-refractivity contribution in [3.05, 3.63) is 0 Å². The van der Waals surface area contributed by atoms with E-state index in [1.165, 1.54) is 70.6 Å². The molecule has 110 valence electrons. The van der Waals surface area contributed by atoms with E-state index >= 15 is 0 Å². The quantitative estimate of drug-likeness (QED) is 0.282. The van der Waals surface area contributed by atoms with Crippen molar-refractivity contribution >= 4 is 0 Å². The monoisotopic (exact) mass is 256 g/mol. The van der Waals surface area contributed by atoms with E-state index < -0.39 is 0 Å². The summed E-state index contributed by atoms with van der Waals surface area (Å²) in [5.74, 6) is 6.50. The summed E-state index contributed by atoms with van der Waals surface area (Å²) in [5, 5.41) is 0. The zero-order valence-corrected chi connectivity index (χ0v) is 13.0. The standard InChI is InChI=1S/C16H36N2/c1-4-7-8-9-10-11-12-13-16(18-17)14-15(5-2)6-3/h15-16,18H,4-14,17H2,1-3H3. The summed E-state index contributed by atoms with van der Waals surface area (Å²) in [4.78, 5) is 0. The SMILES string of the molecule is CCCCCCCCCC(CC(CC)CC)NN. The lowest BCUT2D eigenvalue weighted by molar-refractivity contribution is 0.346. The summed E-state index contributed by atoms with van der Waals surface area (Å²) >= 11 is 0. The largest absolute Gasteiger partial charge is 0.271 e. The van der Waals surface area contributed by atoms with Gasteiger partial charge in [0.05, 0.1) is 0 Å². The molecule has 0 spiro atoms. The van der Waals surface area contributed by atoms with Gasteiger partial charge in [-0.2, -0.15) is 0 Å². The van der Waals surface area contributed by atoms with E-state index in [2.05, 4.69) is 26.2 Å². The molecule has 0 saturated heterocycles. The molecule has 0 aromatic rings. The van der Waals surface area contributed by atoms with Crippen molar-refractivity contribution in [1.82, 2.24) is 5.43 Å². The first-order valence-corrected chi connectivity index (χ1v) is 8.24. The van der Waals surface area contributed by atoms with Crippen molar-refractivity contribution < 1.29 is 0 Å². The maximum Gasteiger partial charge on any atom is 0.0213 e. The minimum atomic E-state index is 0.533. The molecule has 0 aliphatic carbocycles. The smallest absolute Gasteiger partial charge is 0.0213 e. The van der Waals surface area contributed by atoms with Gasteiger partial charge in [0.25, 0.3) is 0 Å². The van der Waals surface area contributed by atoms with Gasteiger partial charge >= 0.3 is 0 Å². The molecule has 0 saturated carbocycles. The molecule has 1 unspecified atom stereocenters. The van der Waals surface area contributed by atoms with E-state index in [-0.39, 0.29) is 0 Å². The Bertz CT molecular complexity index is 155. The fourth-order valence-electron chi connectivity index (χ4n) is 2.64. The average molecular weight is 256 g/mol. The molecular formula is C16H36N2. The van der Waals surface area contributed by atoms with Crippen LogP contribution in [0.3, 0.4) is 0 Å². The molecule has 0 aromatic carbocycles. The van der Waals surface area contributed by atoms with Gasteiger partial charge in [0, 0.05) is 6.04 Å². The highest BCUT2D eigenvalue weighted by molar-refractivity contribution is 4.68. The van der Waals surface area contributed by atoms with E-state index in [0.29, 0.717) is 6.04 Å². The predicted molar refractivity (Wildman–Crippen MR) is 82.4 cm³/mol. The van der Waals surface area contributed by atoms with Crippen molar-refractivity contribution in [2.24, 2.45) is 11.8 Å². The average Bonchev–Trinajstić information content (AvgIpc) is 2.41. The van der Waals surface area contributed by atoms with Crippen LogP contribution in [0.2, 0.25) is 0 Å². The van der Waals surface area contributed by atoms with Crippen LogP contribution in [0.5, 0.6) is 0 Å². The van der Waals surface area contributed by atoms with Gasteiger partial charge in [0.2, 0.25) is 0 Å². The second-order valence-electron chi connectivity index (χ2n) is 5.69. The van der Waals surface area contributed by atoms with Crippen LogP contribution in [-0.4, -0.2) is 6.04 Å². The summed E-state index contributed by atoms with van der Waals surface area (Å²) in [5.41, 5.74) is 3.01. The first kappa shape index (κ1) is 17.9. The Balaban J connectivity index is 3.49. The molecule has 18 heavy (non-hydrogen) atoms. The highest BCUT2D eigenvalue weighted by atomic mass is 15.2. The van der Waals surface area contributed by atoms with Gasteiger partial charge in [-0.15, -0.1) is 0 Å². The van der Waals surface area contributed by atoms with Crippen LogP contribution in [0.1, 0.15) is 91.4 Å². The number of hydrogen-bond donors (Lipinski definition) is 2. The molecule has 0 rings (SSSR count). The van der Waals surface area contributed by atoms with E-state index in [0.717, 1.165) is 5.92 Å². The third kappa shape index (κ3) is 9.90. The zero-order valence-electron chi connectivity index (χ0n) is 13.0. The van der Waals surface area contributed by atoms with Crippen LogP contribution in [0.4, 0.5) is 0 Å². The van der Waals surface area contributed by atoms with Crippen LogP contribution >= 0.6 is 0 Å². The van der Waals surface area contributed by atoms with Gasteiger partial charge < -0.3 is 0 Å². The highest BCUT2D eigenvalue weighted by Crippen LogP contribution is 2.18. The Hall–Kier alpha value is -0.0800. The second-order valence-corrected chi connectivity index (χ2v) is 5.69. The minimum absolute atomic E-state index is 0.533. The summed E-state index contributed by atoms with van der Waals surface area (Å²) in [7, 11) is 0. The van der Waals surface area contributed by atoms with Crippen molar-refractivity contribution in [3.8, 4) is 0 Å². The van der Waals surface area contributed by atoms with Crippen LogP contribution in [0, 0.1) is 5.92 Å². The van der Waals surface area contributed by atoms with Crippen LogP contribution < -0.4 is 11.3 Å². The molecule has 0 bridgehead atoms. The van der Waals surface area contributed by atoms with Crippen LogP contribution in [0.15, 0.2) is 0 Å². The molecule has 0 fully saturated rings. The minimum Gasteiger partial charge on any atom is -0.271 e. The molecule has 0 aliphatic rings. The summed E-state index contributed by atoms with van der Waals surface area (Å²) < 4.78 is 0. The van der Waals surface area contributed by atoms with Crippen molar-refractivity contribution in [3.63, 3.8) is 0 Å². The maximum atomic E-state index is 5.66. The number of unbranched alkanes of at least 4 members (excludes halogenated alkanes) is 6. The Morgan fingerprint density at radius 1 is 0.833 bits per heavy atom. The van der Waals surface area contributed by atoms with Crippen molar-refractivity contribution in [2.45, 2.75) is 97.4 Å². The lowest BCUT2D eigenvalue weighted by Gasteiger charge is -2.21. The van der Waals surface area contributed by atoms with Crippen molar-refractivity contribution in [1.29, 1.82) is 0 Å². The third-order valence-electron chi connectivity index (χ3n) is 4.16. The fourth-order valence-corrected chi connectivity index (χ4v) is 2.64. The van der Waals surface area contributed by atoms with E-state index in [4.69, 9.17) is 5.84 Å². The molecule has 0 amide bonds. The number of nitrogens with two attached hydrogens (primary N) is 1. The summed E-state index contributed by atoms with van der Waals surface area (Å²) in [6, 6.07) is 0.533. The molecule has 2 nitrogen and oxygen atoms in total. The number of rotatable bonds is 13. The van der Waals surface area contributed by atoms with Gasteiger partial charge in [-0.3, -0.25) is 11.3 Å². The maximum absolute atomic E-state index is 5.66. The number of nitrogens with one attached hydrogen (secondary N) is 1. The Morgan fingerprint density at radius 3 is 1.89 bits per heavy atom. The van der Waals surface area contributed by atoms with Gasteiger partial charge in [0.1, 0.15) is 0 Å². The molecule has 1 atom stereocenters. The lowest BCUT2D eigenvalue weighted by Crippen LogP contribution is -2.36. The van der Waals surface area contributed by atoms with Gasteiger partial charge in [-0.1, -0.05) is 78.6 Å². The molecule has 2 heteroatoms. The molecule has 3 N–H and O–H groups in total. The number of hydrazine groups is 1. The fraction of sp³-hybridized carbons (Fsp3) is 1.00. The first-order chi connectivity index (χ1) is 8.78. The van der Waals surface area contributed by atoms with Crippen LogP contribution in [-0.2, 0) is 0 Å². The zero-order chi connectivity index (χ0) is 13.6. The van der Waals surface area contributed by atoms with Crippen LogP contribution in [0.25, 0.3) is 0 Å². The van der Waals surface area contributed by atoms with Gasteiger partial charge in [-0.25, -0.2) is 0 Å².